The molecular formula is C10H14N2O. The van der Waals surface area contributed by atoms with Crippen LogP contribution in [0.2, 0.25) is 0 Å². The first-order valence-corrected chi connectivity index (χ1v) is 4.38. The molecule has 2 N–H and O–H groups in total. The topological polar surface area (TPSA) is 46.3 Å². The maximum Gasteiger partial charge on any atom is 0.241 e. The zero-order valence-electron chi connectivity index (χ0n) is 7.73. The van der Waals surface area contributed by atoms with Crippen LogP contribution < -0.4 is 10.9 Å². The van der Waals surface area contributed by atoms with Crippen LogP contribution in [0.15, 0.2) is 30.3 Å². The molecule has 0 saturated carbocycles. The summed E-state index contributed by atoms with van der Waals surface area (Å²) in [5.74, 6) is 5.56. The number of anilines is 1. The molecule has 1 aromatic rings. The molecule has 0 heterocycles. The standard InChI is InChI=1S/C10H14N2O/c1-2-6-10(13)12(11)9-7-4-3-5-8-9/h3-5,7-8H,2,6,11H2,1H3. The second-order valence-electron chi connectivity index (χ2n) is 2.85. The molecule has 0 unspecified atom stereocenters. The highest BCUT2D eigenvalue weighted by molar-refractivity contribution is 5.91. The van der Waals surface area contributed by atoms with Crippen LogP contribution in [-0.4, -0.2) is 5.91 Å². The zero-order chi connectivity index (χ0) is 9.68. The predicted octanol–water partition coefficient (Wildman–Crippen LogP) is 1.69. The van der Waals surface area contributed by atoms with Crippen molar-refractivity contribution in [2.24, 2.45) is 5.84 Å². The van der Waals surface area contributed by atoms with E-state index in [1.54, 1.807) is 0 Å². The van der Waals surface area contributed by atoms with E-state index in [1.807, 2.05) is 37.3 Å². The predicted molar refractivity (Wildman–Crippen MR) is 53.0 cm³/mol. The third-order valence-corrected chi connectivity index (χ3v) is 1.77. The smallest absolute Gasteiger partial charge is 0.241 e. The fourth-order valence-electron chi connectivity index (χ4n) is 1.07. The van der Waals surface area contributed by atoms with Crippen molar-refractivity contribution in [2.75, 3.05) is 5.01 Å². The van der Waals surface area contributed by atoms with Crippen molar-refractivity contribution in [3.63, 3.8) is 0 Å². The summed E-state index contributed by atoms with van der Waals surface area (Å²) < 4.78 is 0. The molecule has 0 radical (unpaired) electrons. The van der Waals surface area contributed by atoms with Crippen LogP contribution in [0.25, 0.3) is 0 Å². The maximum absolute atomic E-state index is 11.3. The van der Waals surface area contributed by atoms with Gasteiger partial charge in [0.05, 0.1) is 5.69 Å². The van der Waals surface area contributed by atoms with Crippen molar-refractivity contribution >= 4 is 11.6 Å². The SMILES string of the molecule is CCCC(=O)N(N)c1ccccc1. The van der Waals surface area contributed by atoms with Gasteiger partial charge in [-0.2, -0.15) is 0 Å². The average Bonchev–Trinajstić information content (AvgIpc) is 2.18. The van der Waals surface area contributed by atoms with E-state index < -0.39 is 0 Å². The number of nitrogens with two attached hydrogens (primary N) is 1. The molecule has 1 amide bonds. The molecule has 3 nitrogen and oxygen atoms in total. The number of benzene rings is 1. The summed E-state index contributed by atoms with van der Waals surface area (Å²) in [6, 6.07) is 9.23. The Morgan fingerprint density at radius 1 is 1.38 bits per heavy atom. The van der Waals surface area contributed by atoms with Gasteiger partial charge in [0.2, 0.25) is 5.91 Å². The molecule has 3 heteroatoms. The summed E-state index contributed by atoms with van der Waals surface area (Å²) in [5.41, 5.74) is 0.737. The molecule has 0 spiro atoms. The lowest BCUT2D eigenvalue weighted by Gasteiger charge is -2.15. The lowest BCUT2D eigenvalue weighted by atomic mass is 10.2. The monoisotopic (exact) mass is 178 g/mol. The molecule has 13 heavy (non-hydrogen) atoms. The number of rotatable bonds is 3. The van der Waals surface area contributed by atoms with E-state index in [0.29, 0.717) is 6.42 Å². The van der Waals surface area contributed by atoms with E-state index in [-0.39, 0.29) is 5.91 Å². The van der Waals surface area contributed by atoms with Gasteiger partial charge in [0.25, 0.3) is 0 Å². The molecule has 0 saturated heterocycles. The quantitative estimate of drug-likeness (QED) is 0.435. The molecule has 70 valence electrons. The average molecular weight is 178 g/mol. The minimum atomic E-state index is -0.0475. The van der Waals surface area contributed by atoms with Crippen LogP contribution in [0.5, 0.6) is 0 Å². The summed E-state index contributed by atoms with van der Waals surface area (Å²) in [5, 5.41) is 1.20. The van der Waals surface area contributed by atoms with Gasteiger partial charge in [-0.1, -0.05) is 25.1 Å². The summed E-state index contributed by atoms with van der Waals surface area (Å²) in [7, 11) is 0. The lowest BCUT2D eigenvalue weighted by molar-refractivity contribution is -0.118. The van der Waals surface area contributed by atoms with Gasteiger partial charge in [-0.25, -0.2) is 10.9 Å². The van der Waals surface area contributed by atoms with Crippen molar-refractivity contribution in [3.05, 3.63) is 30.3 Å². The van der Waals surface area contributed by atoms with E-state index in [4.69, 9.17) is 5.84 Å². The van der Waals surface area contributed by atoms with Crippen LogP contribution in [0, 0.1) is 0 Å². The number of hydrogen-bond donors (Lipinski definition) is 1. The first-order valence-electron chi connectivity index (χ1n) is 4.38. The molecule has 0 aromatic heterocycles. The molecule has 0 aliphatic rings. The van der Waals surface area contributed by atoms with Crippen LogP contribution in [0.3, 0.4) is 0 Å². The van der Waals surface area contributed by atoms with E-state index in [2.05, 4.69) is 0 Å². The molecule has 0 atom stereocenters. The third kappa shape index (κ3) is 2.56. The molecule has 0 bridgehead atoms. The van der Waals surface area contributed by atoms with Gasteiger partial charge >= 0.3 is 0 Å². The Morgan fingerprint density at radius 2 is 2.00 bits per heavy atom. The summed E-state index contributed by atoms with van der Waals surface area (Å²) >= 11 is 0. The van der Waals surface area contributed by atoms with Gasteiger partial charge in [-0.15, -0.1) is 0 Å². The Morgan fingerprint density at radius 3 is 2.54 bits per heavy atom. The second kappa shape index (κ2) is 4.62. The fraction of sp³-hybridized carbons (Fsp3) is 0.300. The Hall–Kier alpha value is -1.35. The van der Waals surface area contributed by atoms with E-state index in [1.165, 1.54) is 5.01 Å². The van der Waals surface area contributed by atoms with Crippen LogP contribution >= 0.6 is 0 Å². The Balaban J connectivity index is 2.68. The minimum Gasteiger partial charge on any atom is -0.273 e. The highest BCUT2D eigenvalue weighted by Crippen LogP contribution is 2.10. The highest BCUT2D eigenvalue weighted by atomic mass is 16.2. The number of carbonyl (C=O) groups excluding carboxylic acids is 1. The maximum atomic E-state index is 11.3. The largest absolute Gasteiger partial charge is 0.273 e. The van der Waals surface area contributed by atoms with Crippen molar-refractivity contribution in [1.82, 2.24) is 0 Å². The lowest BCUT2D eigenvalue weighted by Crippen LogP contribution is -2.37. The normalized spacial score (nSPS) is 9.69. The summed E-state index contributed by atoms with van der Waals surface area (Å²) in [4.78, 5) is 11.3. The number of hydrogen-bond acceptors (Lipinski definition) is 2. The van der Waals surface area contributed by atoms with Crippen molar-refractivity contribution in [1.29, 1.82) is 0 Å². The molecule has 1 aromatic carbocycles. The number of nitrogens with zero attached hydrogens (tertiary/aromatic N) is 1. The second-order valence-corrected chi connectivity index (χ2v) is 2.85. The van der Waals surface area contributed by atoms with Crippen molar-refractivity contribution in [3.8, 4) is 0 Å². The molecular weight excluding hydrogens is 164 g/mol. The van der Waals surface area contributed by atoms with Gasteiger partial charge in [0, 0.05) is 6.42 Å². The minimum absolute atomic E-state index is 0.0475. The van der Waals surface area contributed by atoms with Gasteiger partial charge < -0.3 is 0 Å². The number of amides is 1. The van der Waals surface area contributed by atoms with Gasteiger partial charge in [-0.05, 0) is 18.6 Å². The number of para-hydroxylation sites is 1. The number of carbonyl (C=O) groups is 1. The van der Waals surface area contributed by atoms with E-state index in [9.17, 15) is 4.79 Å². The molecule has 0 aliphatic carbocycles. The van der Waals surface area contributed by atoms with E-state index >= 15 is 0 Å². The van der Waals surface area contributed by atoms with Gasteiger partial charge in [0.15, 0.2) is 0 Å². The third-order valence-electron chi connectivity index (χ3n) is 1.77. The van der Waals surface area contributed by atoms with E-state index in [0.717, 1.165) is 12.1 Å². The highest BCUT2D eigenvalue weighted by Gasteiger charge is 2.08. The summed E-state index contributed by atoms with van der Waals surface area (Å²) in [6.45, 7) is 1.96. The van der Waals surface area contributed by atoms with Crippen LogP contribution in [-0.2, 0) is 4.79 Å². The first kappa shape index (κ1) is 9.74. The molecule has 1 rings (SSSR count). The molecule has 0 fully saturated rings. The Labute approximate surface area is 78.1 Å². The van der Waals surface area contributed by atoms with Crippen LogP contribution in [0.1, 0.15) is 19.8 Å². The van der Waals surface area contributed by atoms with Gasteiger partial charge in [0.1, 0.15) is 0 Å². The first-order chi connectivity index (χ1) is 6.25. The van der Waals surface area contributed by atoms with Crippen molar-refractivity contribution < 1.29 is 4.79 Å². The van der Waals surface area contributed by atoms with Gasteiger partial charge in [-0.3, -0.25) is 4.79 Å². The Bertz CT molecular complexity index is 272. The Kier molecular flexibility index (Phi) is 3.46. The van der Waals surface area contributed by atoms with Crippen molar-refractivity contribution in [2.45, 2.75) is 19.8 Å². The number of hydrazine groups is 1. The fourth-order valence-corrected chi connectivity index (χ4v) is 1.07. The molecule has 0 aliphatic heterocycles. The zero-order valence-corrected chi connectivity index (χ0v) is 7.73. The van der Waals surface area contributed by atoms with Crippen LogP contribution in [0.4, 0.5) is 5.69 Å². The summed E-state index contributed by atoms with van der Waals surface area (Å²) in [6.07, 6.45) is 1.31.